The molecule has 18 heavy (non-hydrogen) atoms. The zero-order valence-electron chi connectivity index (χ0n) is 11.4. The lowest BCUT2D eigenvalue weighted by molar-refractivity contribution is -0.143. The molecule has 0 aromatic carbocycles. The lowest BCUT2D eigenvalue weighted by Crippen LogP contribution is -2.06. The molecule has 1 heterocycles. The van der Waals surface area contributed by atoms with Gasteiger partial charge in [0.05, 0.1) is 6.61 Å². The molecular weight excluding hydrogens is 228 g/mol. The molecule has 3 heteroatoms. The van der Waals surface area contributed by atoms with Crippen molar-refractivity contribution in [2.45, 2.75) is 77.0 Å². The van der Waals surface area contributed by atoms with E-state index in [1.165, 1.54) is 0 Å². The van der Waals surface area contributed by atoms with Gasteiger partial charge in [-0.15, -0.1) is 0 Å². The Bertz CT molecular complexity index is 202. The number of rotatable bonds is 0. The molecule has 0 bridgehead atoms. The van der Waals surface area contributed by atoms with Crippen molar-refractivity contribution in [3.63, 3.8) is 0 Å². The first kappa shape index (κ1) is 15.2. The van der Waals surface area contributed by atoms with Crippen LogP contribution < -0.4 is 0 Å². The molecule has 0 amide bonds. The van der Waals surface area contributed by atoms with Crippen LogP contribution in [0.25, 0.3) is 0 Å². The average molecular weight is 254 g/mol. The van der Waals surface area contributed by atoms with Gasteiger partial charge < -0.3 is 4.74 Å². The SMILES string of the molecule is O=C1CCCCCCCC(=O)OCCCCCC1. The second-order valence-corrected chi connectivity index (χ2v) is 5.19. The van der Waals surface area contributed by atoms with Crippen LogP contribution in [0.2, 0.25) is 0 Å². The normalized spacial score (nSPS) is 22.4. The van der Waals surface area contributed by atoms with Crippen molar-refractivity contribution in [2.75, 3.05) is 6.61 Å². The largest absolute Gasteiger partial charge is 0.466 e. The molecule has 104 valence electrons. The maximum atomic E-state index is 11.5. The first-order valence-corrected chi connectivity index (χ1v) is 7.46. The van der Waals surface area contributed by atoms with Crippen molar-refractivity contribution in [3.8, 4) is 0 Å². The maximum Gasteiger partial charge on any atom is 0.305 e. The standard InChI is InChI=1S/C15H26O3/c16-14-10-6-2-1-3-8-12-15(17)18-13-9-5-4-7-11-14/h1-13H2. The van der Waals surface area contributed by atoms with Gasteiger partial charge in [0.25, 0.3) is 0 Å². The molecule has 1 saturated heterocycles. The van der Waals surface area contributed by atoms with Crippen molar-refractivity contribution < 1.29 is 14.3 Å². The van der Waals surface area contributed by atoms with Crippen LogP contribution in [-0.2, 0) is 14.3 Å². The van der Waals surface area contributed by atoms with Crippen molar-refractivity contribution in [2.24, 2.45) is 0 Å². The highest BCUT2D eigenvalue weighted by Gasteiger charge is 2.05. The zero-order valence-corrected chi connectivity index (χ0v) is 11.4. The van der Waals surface area contributed by atoms with Gasteiger partial charge in [0.1, 0.15) is 5.78 Å². The van der Waals surface area contributed by atoms with Crippen molar-refractivity contribution >= 4 is 11.8 Å². The van der Waals surface area contributed by atoms with Crippen LogP contribution >= 0.6 is 0 Å². The van der Waals surface area contributed by atoms with E-state index in [9.17, 15) is 9.59 Å². The summed E-state index contributed by atoms with van der Waals surface area (Å²) in [5.41, 5.74) is 0. The first-order valence-electron chi connectivity index (χ1n) is 7.46. The minimum atomic E-state index is -0.0442. The summed E-state index contributed by atoms with van der Waals surface area (Å²) in [6.45, 7) is 0.548. The van der Waals surface area contributed by atoms with Crippen molar-refractivity contribution in [1.29, 1.82) is 0 Å². The number of hydrogen-bond donors (Lipinski definition) is 0. The van der Waals surface area contributed by atoms with Gasteiger partial charge in [-0.05, 0) is 25.7 Å². The molecule has 1 rings (SSSR count). The van der Waals surface area contributed by atoms with Crippen LogP contribution in [0.15, 0.2) is 0 Å². The molecule has 3 nitrogen and oxygen atoms in total. The molecule has 0 saturated carbocycles. The van der Waals surface area contributed by atoms with E-state index in [0.717, 1.165) is 70.6 Å². The van der Waals surface area contributed by atoms with Gasteiger partial charge in [0, 0.05) is 19.3 Å². The van der Waals surface area contributed by atoms with Crippen LogP contribution in [0.4, 0.5) is 0 Å². The van der Waals surface area contributed by atoms with E-state index in [1.807, 2.05) is 0 Å². The van der Waals surface area contributed by atoms with E-state index < -0.39 is 0 Å². The van der Waals surface area contributed by atoms with Gasteiger partial charge in [-0.3, -0.25) is 9.59 Å². The lowest BCUT2D eigenvalue weighted by atomic mass is 10.0. The van der Waals surface area contributed by atoms with Gasteiger partial charge in [0.15, 0.2) is 0 Å². The molecule has 0 aliphatic carbocycles. The minimum Gasteiger partial charge on any atom is -0.466 e. The average Bonchev–Trinajstić information content (AvgIpc) is 2.35. The number of ketones is 1. The highest BCUT2D eigenvalue weighted by Crippen LogP contribution is 2.11. The third-order valence-corrected chi connectivity index (χ3v) is 3.45. The zero-order chi connectivity index (χ0) is 13.1. The molecule has 0 aromatic heterocycles. The predicted molar refractivity (Wildman–Crippen MR) is 71.4 cm³/mol. The Morgan fingerprint density at radius 1 is 0.611 bits per heavy atom. The summed E-state index contributed by atoms with van der Waals surface area (Å²) in [4.78, 5) is 22.9. The summed E-state index contributed by atoms with van der Waals surface area (Å²) in [7, 11) is 0. The Hall–Kier alpha value is -0.860. The summed E-state index contributed by atoms with van der Waals surface area (Å²) in [6, 6.07) is 0. The number of carbonyl (C=O) groups excluding carboxylic acids is 2. The quantitative estimate of drug-likeness (QED) is 0.618. The number of ether oxygens (including phenoxy) is 1. The predicted octanol–water partition coefficient (Wildman–Crippen LogP) is 3.79. The van der Waals surface area contributed by atoms with Gasteiger partial charge in [0.2, 0.25) is 0 Å². The van der Waals surface area contributed by atoms with E-state index in [1.54, 1.807) is 0 Å². The van der Waals surface area contributed by atoms with Crippen LogP contribution in [0.1, 0.15) is 77.0 Å². The van der Waals surface area contributed by atoms with Gasteiger partial charge in [-0.25, -0.2) is 0 Å². The van der Waals surface area contributed by atoms with Gasteiger partial charge in [-0.2, -0.15) is 0 Å². The minimum absolute atomic E-state index is 0.0442. The van der Waals surface area contributed by atoms with Gasteiger partial charge >= 0.3 is 5.97 Å². The van der Waals surface area contributed by atoms with E-state index in [0.29, 0.717) is 18.8 Å². The third-order valence-electron chi connectivity index (χ3n) is 3.45. The van der Waals surface area contributed by atoms with Crippen LogP contribution in [-0.4, -0.2) is 18.4 Å². The highest BCUT2D eigenvalue weighted by molar-refractivity contribution is 5.78. The second kappa shape index (κ2) is 10.1. The summed E-state index contributed by atoms with van der Waals surface area (Å²) >= 11 is 0. The van der Waals surface area contributed by atoms with Crippen LogP contribution in [0, 0.1) is 0 Å². The van der Waals surface area contributed by atoms with Gasteiger partial charge in [-0.1, -0.05) is 32.1 Å². The van der Waals surface area contributed by atoms with E-state index >= 15 is 0 Å². The molecule has 0 atom stereocenters. The van der Waals surface area contributed by atoms with E-state index in [2.05, 4.69) is 0 Å². The van der Waals surface area contributed by atoms with E-state index in [4.69, 9.17) is 4.74 Å². The maximum absolute atomic E-state index is 11.5. The number of esters is 1. The van der Waals surface area contributed by atoms with E-state index in [-0.39, 0.29) is 5.97 Å². The number of carbonyl (C=O) groups is 2. The fourth-order valence-electron chi connectivity index (χ4n) is 2.28. The second-order valence-electron chi connectivity index (χ2n) is 5.19. The molecule has 0 aromatic rings. The fourth-order valence-corrected chi connectivity index (χ4v) is 2.28. The summed E-state index contributed by atoms with van der Waals surface area (Å²) < 4.78 is 5.16. The molecule has 0 N–H and O–H groups in total. The molecule has 0 radical (unpaired) electrons. The summed E-state index contributed by atoms with van der Waals surface area (Å²) in [5, 5.41) is 0. The Labute approximate surface area is 110 Å². The first-order chi connectivity index (χ1) is 8.79. The third kappa shape index (κ3) is 8.26. The number of hydrogen-bond acceptors (Lipinski definition) is 3. The van der Waals surface area contributed by atoms with Crippen LogP contribution in [0.5, 0.6) is 0 Å². The summed E-state index contributed by atoms with van der Waals surface area (Å²) in [6.07, 6.45) is 11.3. The Kier molecular flexibility index (Phi) is 8.53. The molecule has 0 spiro atoms. The molecule has 1 aliphatic heterocycles. The highest BCUT2D eigenvalue weighted by atomic mass is 16.5. The monoisotopic (exact) mass is 254 g/mol. The Balaban J connectivity index is 2.21. The topological polar surface area (TPSA) is 43.4 Å². The van der Waals surface area contributed by atoms with Crippen molar-refractivity contribution in [1.82, 2.24) is 0 Å². The van der Waals surface area contributed by atoms with Crippen molar-refractivity contribution in [3.05, 3.63) is 0 Å². The molecule has 0 unspecified atom stereocenters. The number of Topliss-reactive ketones (excluding diaryl/α,β-unsaturated/α-hetero) is 1. The summed E-state index contributed by atoms with van der Waals surface area (Å²) in [5.74, 6) is 0.380. The van der Waals surface area contributed by atoms with Crippen LogP contribution in [0.3, 0.4) is 0 Å². The molecule has 1 fully saturated rings. The Morgan fingerprint density at radius 3 is 1.78 bits per heavy atom. The molecule has 1 aliphatic rings. The smallest absolute Gasteiger partial charge is 0.305 e. The number of cyclic esters (lactones) is 1. The fraction of sp³-hybridized carbons (Fsp3) is 0.867. The Morgan fingerprint density at radius 2 is 1.11 bits per heavy atom. The lowest BCUT2D eigenvalue weighted by Gasteiger charge is -2.06. The molecular formula is C15H26O3.